The van der Waals surface area contributed by atoms with Crippen LogP contribution in [0.5, 0.6) is 0 Å². The third kappa shape index (κ3) is 24.1. The van der Waals surface area contributed by atoms with Gasteiger partial charge < -0.3 is 0 Å². The van der Waals surface area contributed by atoms with Gasteiger partial charge in [0.15, 0.2) is 0 Å². The van der Waals surface area contributed by atoms with Crippen LogP contribution in [0.2, 0.25) is 0 Å². The molecule has 0 heteroatoms. The van der Waals surface area contributed by atoms with E-state index in [0.29, 0.717) is 0 Å². The SMILES string of the molecule is CCC(C)CCCC(C)CCCC(C)CCCC(C)CCCC(C)CCCC(C)CCCC(C)C. The molecule has 0 saturated heterocycles. The van der Waals surface area contributed by atoms with Crippen molar-refractivity contribution in [3.63, 3.8) is 0 Å². The Kier molecular flexibility index (Phi) is 23.1. The van der Waals surface area contributed by atoms with Gasteiger partial charge in [0.1, 0.15) is 0 Å². The first-order chi connectivity index (χ1) is 16.6. The molecule has 0 amide bonds. The van der Waals surface area contributed by atoms with Crippen molar-refractivity contribution in [1.29, 1.82) is 0 Å². The molecular weight excluding hydrogens is 420 g/mol. The lowest BCUT2D eigenvalue weighted by atomic mass is 9.89. The van der Waals surface area contributed by atoms with E-state index in [1.807, 2.05) is 0 Å². The molecule has 0 aliphatic rings. The van der Waals surface area contributed by atoms with Crippen molar-refractivity contribution in [2.75, 3.05) is 0 Å². The zero-order valence-electron chi connectivity index (χ0n) is 26.5. The lowest BCUT2D eigenvalue weighted by Crippen LogP contribution is -2.03. The lowest BCUT2D eigenvalue weighted by Gasteiger charge is -2.17. The number of hydrogen-bond acceptors (Lipinski definition) is 0. The van der Waals surface area contributed by atoms with E-state index in [-0.39, 0.29) is 0 Å². The first-order valence-electron chi connectivity index (χ1n) is 16.6. The van der Waals surface area contributed by atoms with Crippen molar-refractivity contribution in [3.8, 4) is 0 Å². The quantitative estimate of drug-likeness (QED) is 0.119. The molecule has 35 heavy (non-hydrogen) atoms. The van der Waals surface area contributed by atoms with Gasteiger partial charge in [-0.05, 0) is 41.4 Å². The fourth-order valence-corrected chi connectivity index (χ4v) is 5.87. The molecule has 6 atom stereocenters. The first-order valence-corrected chi connectivity index (χ1v) is 16.6. The molecule has 0 aromatic carbocycles. The predicted octanol–water partition coefficient (Wildman–Crippen LogP) is 12.9. The highest BCUT2D eigenvalue weighted by molar-refractivity contribution is 4.63. The minimum absolute atomic E-state index is 0.876. The van der Waals surface area contributed by atoms with Crippen LogP contribution in [0.1, 0.15) is 184 Å². The maximum atomic E-state index is 2.51. The summed E-state index contributed by atoms with van der Waals surface area (Å²) in [5.41, 5.74) is 0. The summed E-state index contributed by atoms with van der Waals surface area (Å²) in [4.78, 5) is 0. The zero-order valence-corrected chi connectivity index (χ0v) is 26.5. The van der Waals surface area contributed by atoms with Gasteiger partial charge in [0.25, 0.3) is 0 Å². The van der Waals surface area contributed by atoms with E-state index in [0.717, 1.165) is 41.4 Å². The van der Waals surface area contributed by atoms with Gasteiger partial charge in [-0.15, -0.1) is 0 Å². The van der Waals surface area contributed by atoms with E-state index >= 15 is 0 Å². The fourth-order valence-electron chi connectivity index (χ4n) is 5.87. The summed E-state index contributed by atoms with van der Waals surface area (Å²) in [6.07, 6.45) is 27.4. The summed E-state index contributed by atoms with van der Waals surface area (Å²) >= 11 is 0. The van der Waals surface area contributed by atoms with Crippen molar-refractivity contribution in [2.24, 2.45) is 41.4 Å². The topological polar surface area (TPSA) is 0 Å². The lowest BCUT2D eigenvalue weighted by molar-refractivity contribution is 0.357. The van der Waals surface area contributed by atoms with Crippen LogP contribution in [-0.2, 0) is 0 Å². The van der Waals surface area contributed by atoms with Crippen molar-refractivity contribution < 1.29 is 0 Å². The molecule has 0 fully saturated rings. The molecule has 0 rings (SSSR count). The summed E-state index contributed by atoms with van der Waals surface area (Å²) in [5, 5.41) is 0. The Morgan fingerprint density at radius 3 is 0.686 bits per heavy atom. The van der Waals surface area contributed by atoms with Crippen molar-refractivity contribution >= 4 is 0 Å². The Bertz CT molecular complexity index is 424. The number of rotatable bonds is 25. The standard InChI is InChI=1S/C35H72/c1-10-30(4)18-12-20-32(6)22-14-24-34(8)26-16-28-35(9)27-15-25-33(7)23-13-21-31(5)19-11-17-29(2)3/h29-35H,10-28H2,1-9H3. The fraction of sp³-hybridized carbons (Fsp3) is 1.00. The van der Waals surface area contributed by atoms with E-state index in [1.54, 1.807) is 0 Å². The molecule has 0 heterocycles. The van der Waals surface area contributed by atoms with Gasteiger partial charge in [-0.2, -0.15) is 0 Å². The highest BCUT2D eigenvalue weighted by Crippen LogP contribution is 2.25. The predicted molar refractivity (Wildman–Crippen MR) is 163 cm³/mol. The van der Waals surface area contributed by atoms with Gasteiger partial charge in [0.05, 0.1) is 0 Å². The Hall–Kier alpha value is 0. The van der Waals surface area contributed by atoms with E-state index in [1.165, 1.54) is 122 Å². The molecular formula is C35H72. The van der Waals surface area contributed by atoms with Crippen LogP contribution in [0, 0.1) is 41.4 Å². The number of hydrogen-bond donors (Lipinski definition) is 0. The maximum Gasteiger partial charge on any atom is -0.0443 e. The highest BCUT2D eigenvalue weighted by atomic mass is 14.2. The van der Waals surface area contributed by atoms with Crippen molar-refractivity contribution in [2.45, 2.75) is 184 Å². The summed E-state index contributed by atoms with van der Waals surface area (Å²) in [7, 11) is 0. The first kappa shape index (κ1) is 35.0. The third-order valence-electron chi connectivity index (χ3n) is 9.14. The van der Waals surface area contributed by atoms with E-state index in [2.05, 4.69) is 62.3 Å². The second-order valence-corrected chi connectivity index (χ2v) is 14.0. The molecule has 0 aliphatic carbocycles. The third-order valence-corrected chi connectivity index (χ3v) is 9.14. The molecule has 212 valence electrons. The van der Waals surface area contributed by atoms with Crippen LogP contribution >= 0.6 is 0 Å². The molecule has 6 unspecified atom stereocenters. The molecule has 0 aromatic rings. The molecule has 0 bridgehead atoms. The molecule has 0 saturated carbocycles. The van der Waals surface area contributed by atoms with Gasteiger partial charge in [0.2, 0.25) is 0 Å². The molecule has 0 radical (unpaired) electrons. The van der Waals surface area contributed by atoms with E-state index < -0.39 is 0 Å². The van der Waals surface area contributed by atoms with Crippen molar-refractivity contribution in [3.05, 3.63) is 0 Å². The normalized spacial score (nSPS) is 17.3. The average Bonchev–Trinajstić information content (AvgIpc) is 2.78. The van der Waals surface area contributed by atoms with Crippen LogP contribution in [0.3, 0.4) is 0 Å². The molecule has 0 nitrogen and oxygen atoms in total. The zero-order chi connectivity index (χ0) is 26.5. The van der Waals surface area contributed by atoms with Gasteiger partial charge in [0, 0.05) is 0 Å². The second-order valence-electron chi connectivity index (χ2n) is 14.0. The van der Waals surface area contributed by atoms with Crippen LogP contribution in [-0.4, -0.2) is 0 Å². The summed E-state index contributed by atoms with van der Waals surface area (Å²) in [5.74, 6) is 6.47. The summed E-state index contributed by atoms with van der Waals surface area (Å²) < 4.78 is 0. The smallest absolute Gasteiger partial charge is 0.0443 e. The van der Waals surface area contributed by atoms with Crippen LogP contribution in [0.4, 0.5) is 0 Å². The minimum Gasteiger partial charge on any atom is -0.0651 e. The average molecular weight is 493 g/mol. The van der Waals surface area contributed by atoms with Crippen molar-refractivity contribution in [1.82, 2.24) is 0 Å². The summed E-state index contributed by atoms with van der Waals surface area (Å²) in [6, 6.07) is 0. The van der Waals surface area contributed by atoms with Gasteiger partial charge in [-0.3, -0.25) is 0 Å². The summed E-state index contributed by atoms with van der Waals surface area (Å²) in [6.45, 7) is 21.9. The van der Waals surface area contributed by atoms with Gasteiger partial charge in [-0.1, -0.05) is 184 Å². The monoisotopic (exact) mass is 493 g/mol. The molecule has 0 aliphatic heterocycles. The molecule has 0 spiro atoms. The largest absolute Gasteiger partial charge is 0.0651 e. The highest BCUT2D eigenvalue weighted by Gasteiger charge is 2.10. The minimum atomic E-state index is 0.876. The van der Waals surface area contributed by atoms with Crippen LogP contribution in [0.15, 0.2) is 0 Å². The van der Waals surface area contributed by atoms with Crippen LogP contribution < -0.4 is 0 Å². The second kappa shape index (κ2) is 23.1. The van der Waals surface area contributed by atoms with E-state index in [4.69, 9.17) is 0 Å². The maximum absolute atomic E-state index is 2.51. The van der Waals surface area contributed by atoms with Gasteiger partial charge in [-0.25, -0.2) is 0 Å². The molecule has 0 aromatic heterocycles. The molecule has 0 N–H and O–H groups in total. The van der Waals surface area contributed by atoms with E-state index in [9.17, 15) is 0 Å². The Balaban J connectivity index is 3.63. The van der Waals surface area contributed by atoms with Crippen LogP contribution in [0.25, 0.3) is 0 Å². The Labute approximate surface area is 225 Å². The Morgan fingerprint density at radius 2 is 0.486 bits per heavy atom. The van der Waals surface area contributed by atoms with Gasteiger partial charge >= 0.3 is 0 Å². The Morgan fingerprint density at radius 1 is 0.286 bits per heavy atom.